The predicted molar refractivity (Wildman–Crippen MR) is 144 cm³/mol. The van der Waals surface area contributed by atoms with Crippen LogP contribution in [0.4, 0.5) is 0 Å². The predicted octanol–water partition coefficient (Wildman–Crippen LogP) is 5.59. The SMILES string of the molecule is CC(=O)CC(=O)O[C@@H]1C[C@H](C)CC[C@H]1C(C)C.CC(C)[C@@H]1CC[C@@H](C)C[C@H]1OC(=O)C[C@H](C)O.CO.[HH]. The first-order valence-corrected chi connectivity index (χ1v) is 13.8. The van der Waals surface area contributed by atoms with Crippen LogP contribution in [-0.2, 0) is 23.9 Å². The van der Waals surface area contributed by atoms with E-state index in [9.17, 15) is 19.5 Å². The molecule has 0 aromatic heterocycles. The highest BCUT2D eigenvalue weighted by Crippen LogP contribution is 2.36. The number of hydrogen-bond donors (Lipinski definition) is 2. The number of ether oxygens (including phenoxy) is 2. The Morgan fingerprint density at radius 1 is 0.778 bits per heavy atom. The molecular formula is C29H56O7. The highest BCUT2D eigenvalue weighted by molar-refractivity contribution is 5.94. The number of ketones is 1. The minimum Gasteiger partial charge on any atom is -0.462 e. The fourth-order valence-corrected chi connectivity index (χ4v) is 5.37. The van der Waals surface area contributed by atoms with E-state index >= 15 is 0 Å². The molecule has 7 heteroatoms. The molecule has 0 aliphatic heterocycles. The molecule has 7 nitrogen and oxygen atoms in total. The van der Waals surface area contributed by atoms with Crippen molar-refractivity contribution >= 4 is 17.7 Å². The van der Waals surface area contributed by atoms with E-state index in [0.29, 0.717) is 35.5 Å². The maximum absolute atomic E-state index is 11.6. The molecule has 2 aliphatic rings. The molecule has 0 amide bonds. The molecule has 0 bridgehead atoms. The summed E-state index contributed by atoms with van der Waals surface area (Å²) in [6.45, 7) is 16.2. The second-order valence-corrected chi connectivity index (χ2v) is 11.6. The van der Waals surface area contributed by atoms with Crippen LogP contribution in [0.1, 0.15) is 108 Å². The van der Waals surface area contributed by atoms with Crippen molar-refractivity contribution in [2.45, 2.75) is 125 Å². The Balaban J connectivity index is 0. The number of hydrogen-bond acceptors (Lipinski definition) is 7. The molecule has 0 heterocycles. The van der Waals surface area contributed by atoms with Gasteiger partial charge in [-0.1, -0.05) is 54.4 Å². The number of aliphatic hydroxyl groups excluding tert-OH is 2. The van der Waals surface area contributed by atoms with E-state index in [1.54, 1.807) is 6.92 Å². The maximum Gasteiger partial charge on any atom is 0.313 e. The second-order valence-electron chi connectivity index (χ2n) is 11.6. The van der Waals surface area contributed by atoms with Crippen molar-refractivity contribution in [3.63, 3.8) is 0 Å². The lowest BCUT2D eigenvalue weighted by molar-refractivity contribution is -0.158. The molecule has 0 aromatic rings. The standard InChI is InChI=1S/C14H26O3.C14H24O3.CH4O.H2/c2*1-9(2)12-6-5-10(3)7-13(12)17-14(16)8-11(4)15;1-2;/h9-13,15H,5-8H2,1-4H3;9-10,12-13H,5-8H2,1-4H3;2H,1H3;1H/t10-,11+,12+,13-;10-,12+,13-;;/m11../s1. The molecule has 0 spiro atoms. The molecule has 7 atom stereocenters. The number of carbonyl (C=O) groups excluding carboxylic acids is 3. The summed E-state index contributed by atoms with van der Waals surface area (Å²) in [6, 6.07) is 0. The molecule has 2 N–H and O–H groups in total. The fourth-order valence-electron chi connectivity index (χ4n) is 5.37. The summed E-state index contributed by atoms with van der Waals surface area (Å²) in [4.78, 5) is 34.0. The highest BCUT2D eigenvalue weighted by atomic mass is 16.5. The molecule has 2 saturated carbocycles. The summed E-state index contributed by atoms with van der Waals surface area (Å²) in [5.41, 5.74) is 0. The number of Topliss-reactive ketones (excluding diaryl/α,β-unsaturated/α-hetero) is 1. The Morgan fingerprint density at radius 2 is 1.17 bits per heavy atom. The van der Waals surface area contributed by atoms with E-state index in [0.717, 1.165) is 32.8 Å². The van der Waals surface area contributed by atoms with Crippen molar-refractivity contribution in [2.24, 2.45) is 35.5 Å². The summed E-state index contributed by atoms with van der Waals surface area (Å²) in [6.07, 6.45) is 6.07. The van der Waals surface area contributed by atoms with Crippen LogP contribution in [-0.4, -0.2) is 53.4 Å². The summed E-state index contributed by atoms with van der Waals surface area (Å²) in [7, 11) is 1.00. The molecule has 0 aromatic carbocycles. The fraction of sp³-hybridized carbons (Fsp3) is 0.897. The first-order valence-electron chi connectivity index (χ1n) is 13.8. The van der Waals surface area contributed by atoms with Crippen LogP contribution >= 0.6 is 0 Å². The van der Waals surface area contributed by atoms with Crippen LogP contribution in [0.25, 0.3) is 0 Å². The first-order chi connectivity index (χ1) is 16.8. The summed E-state index contributed by atoms with van der Waals surface area (Å²) >= 11 is 0. The van der Waals surface area contributed by atoms with E-state index in [2.05, 4.69) is 41.5 Å². The molecule has 0 unspecified atom stereocenters. The Hall–Kier alpha value is -1.47. The average molecular weight is 517 g/mol. The average Bonchev–Trinajstić information content (AvgIpc) is 2.74. The van der Waals surface area contributed by atoms with E-state index in [1.807, 2.05) is 0 Å². The number of carbonyl (C=O) groups is 3. The Labute approximate surface area is 221 Å². The third-order valence-electron chi connectivity index (χ3n) is 7.34. The number of aliphatic hydroxyl groups is 2. The van der Waals surface area contributed by atoms with Gasteiger partial charge in [0.1, 0.15) is 24.4 Å². The van der Waals surface area contributed by atoms with Gasteiger partial charge in [0.05, 0.1) is 12.5 Å². The van der Waals surface area contributed by atoms with Gasteiger partial charge >= 0.3 is 11.9 Å². The van der Waals surface area contributed by atoms with Crippen molar-refractivity contribution < 1.29 is 35.5 Å². The highest BCUT2D eigenvalue weighted by Gasteiger charge is 2.34. The monoisotopic (exact) mass is 516 g/mol. The lowest BCUT2D eigenvalue weighted by Crippen LogP contribution is -2.36. The van der Waals surface area contributed by atoms with Crippen LogP contribution < -0.4 is 0 Å². The van der Waals surface area contributed by atoms with E-state index in [1.165, 1.54) is 19.8 Å². The summed E-state index contributed by atoms with van der Waals surface area (Å²) < 4.78 is 11.0. The van der Waals surface area contributed by atoms with Gasteiger partial charge in [-0.15, -0.1) is 0 Å². The van der Waals surface area contributed by atoms with Gasteiger partial charge < -0.3 is 19.7 Å². The van der Waals surface area contributed by atoms with Crippen molar-refractivity contribution in [3.05, 3.63) is 0 Å². The lowest BCUT2D eigenvalue weighted by Gasteiger charge is -2.36. The molecule has 2 aliphatic carbocycles. The molecule has 0 radical (unpaired) electrons. The minimum atomic E-state index is -0.610. The molecule has 36 heavy (non-hydrogen) atoms. The normalized spacial score (nSPS) is 28.7. The Bertz CT molecular complexity index is 650. The van der Waals surface area contributed by atoms with Crippen LogP contribution in [0.15, 0.2) is 0 Å². The van der Waals surface area contributed by atoms with Gasteiger partial charge in [-0.3, -0.25) is 14.4 Å². The Kier molecular flexibility index (Phi) is 17.2. The van der Waals surface area contributed by atoms with Crippen molar-refractivity contribution in [3.8, 4) is 0 Å². The second kappa shape index (κ2) is 17.9. The summed E-state index contributed by atoms with van der Waals surface area (Å²) in [5, 5.41) is 16.2. The van der Waals surface area contributed by atoms with Crippen LogP contribution in [0.3, 0.4) is 0 Å². The van der Waals surface area contributed by atoms with Gasteiger partial charge in [-0.25, -0.2) is 0 Å². The maximum atomic E-state index is 11.6. The third-order valence-corrected chi connectivity index (χ3v) is 7.34. The third kappa shape index (κ3) is 13.7. The van der Waals surface area contributed by atoms with Gasteiger partial charge in [-0.05, 0) is 75.0 Å². The van der Waals surface area contributed by atoms with E-state index < -0.39 is 6.10 Å². The van der Waals surface area contributed by atoms with Gasteiger partial charge in [0.2, 0.25) is 0 Å². The minimum absolute atomic E-state index is 0. The number of esters is 2. The van der Waals surface area contributed by atoms with Crippen LogP contribution in [0, 0.1) is 35.5 Å². The van der Waals surface area contributed by atoms with Crippen LogP contribution in [0.2, 0.25) is 0 Å². The topological polar surface area (TPSA) is 110 Å². The Morgan fingerprint density at radius 3 is 1.50 bits per heavy atom. The largest absolute Gasteiger partial charge is 0.462 e. The smallest absolute Gasteiger partial charge is 0.313 e. The van der Waals surface area contributed by atoms with Gasteiger partial charge in [0.15, 0.2) is 0 Å². The van der Waals surface area contributed by atoms with Crippen molar-refractivity contribution in [1.82, 2.24) is 0 Å². The molecule has 214 valence electrons. The zero-order valence-corrected chi connectivity index (χ0v) is 24.3. The quantitative estimate of drug-likeness (QED) is 0.320. The zero-order valence-electron chi connectivity index (χ0n) is 24.3. The van der Waals surface area contributed by atoms with Gasteiger partial charge in [0.25, 0.3) is 0 Å². The van der Waals surface area contributed by atoms with Gasteiger partial charge in [-0.2, -0.15) is 0 Å². The first kappa shape index (κ1) is 34.5. The molecule has 2 fully saturated rings. The zero-order chi connectivity index (χ0) is 28.0. The van der Waals surface area contributed by atoms with Gasteiger partial charge in [0, 0.05) is 8.54 Å². The lowest BCUT2D eigenvalue weighted by atomic mass is 9.75. The molecule has 0 saturated heterocycles. The molecule has 2 rings (SSSR count). The van der Waals surface area contributed by atoms with E-state index in [4.69, 9.17) is 14.6 Å². The van der Waals surface area contributed by atoms with Crippen LogP contribution in [0.5, 0.6) is 0 Å². The van der Waals surface area contributed by atoms with Crippen molar-refractivity contribution in [2.75, 3.05) is 7.11 Å². The van der Waals surface area contributed by atoms with Crippen molar-refractivity contribution in [1.29, 1.82) is 0 Å². The molecular weight excluding hydrogens is 460 g/mol. The summed E-state index contributed by atoms with van der Waals surface area (Å²) in [5.74, 6) is 2.50. The van der Waals surface area contributed by atoms with E-state index in [-0.39, 0.29) is 44.2 Å². The number of rotatable bonds is 8.